The number of amides is 2. The van der Waals surface area contributed by atoms with E-state index in [0.717, 1.165) is 36.1 Å². The molecule has 158 valence electrons. The maximum atomic E-state index is 12.8. The lowest BCUT2D eigenvalue weighted by atomic mass is 9.95. The molecule has 0 radical (unpaired) electrons. The molecule has 0 atom stereocenters. The van der Waals surface area contributed by atoms with E-state index in [2.05, 4.69) is 10.3 Å². The van der Waals surface area contributed by atoms with Gasteiger partial charge in [0.2, 0.25) is 5.91 Å². The molecule has 0 spiro atoms. The van der Waals surface area contributed by atoms with E-state index >= 15 is 0 Å². The Bertz CT molecular complexity index is 1020. The minimum atomic E-state index is -0.440. The van der Waals surface area contributed by atoms with Crippen LogP contribution in [0.15, 0.2) is 12.1 Å². The van der Waals surface area contributed by atoms with Gasteiger partial charge in [0.15, 0.2) is 18.2 Å². The van der Waals surface area contributed by atoms with E-state index < -0.39 is 17.8 Å². The third-order valence-electron chi connectivity index (χ3n) is 4.97. The molecule has 1 aliphatic carbocycles. The lowest BCUT2D eigenvalue weighted by Gasteiger charge is -2.27. The molecule has 30 heavy (non-hydrogen) atoms. The van der Waals surface area contributed by atoms with Crippen LogP contribution < -0.4 is 20.7 Å². The second-order valence-corrected chi connectivity index (χ2v) is 8.12. The van der Waals surface area contributed by atoms with Gasteiger partial charge in [0.1, 0.15) is 17.4 Å². The lowest BCUT2D eigenvalue weighted by Crippen LogP contribution is -2.44. The van der Waals surface area contributed by atoms with Crippen LogP contribution in [-0.4, -0.2) is 42.5 Å². The van der Waals surface area contributed by atoms with Crippen molar-refractivity contribution in [3.05, 3.63) is 28.1 Å². The van der Waals surface area contributed by atoms with Crippen molar-refractivity contribution in [1.82, 2.24) is 4.98 Å². The van der Waals surface area contributed by atoms with E-state index in [-0.39, 0.29) is 31.4 Å². The van der Waals surface area contributed by atoms with E-state index in [1.54, 1.807) is 19.1 Å². The Labute approximate surface area is 177 Å². The average molecular weight is 430 g/mol. The highest BCUT2D eigenvalue weighted by molar-refractivity contribution is 7.17. The maximum absolute atomic E-state index is 12.8. The second kappa shape index (κ2) is 8.31. The minimum absolute atomic E-state index is 0.187. The highest BCUT2D eigenvalue weighted by atomic mass is 32.1. The van der Waals surface area contributed by atoms with Gasteiger partial charge in [-0.05, 0) is 50.3 Å². The van der Waals surface area contributed by atoms with Crippen LogP contribution in [0, 0.1) is 0 Å². The normalized spacial score (nSPS) is 15.1. The number of nitrogens with zero attached hydrogens (tertiary/aromatic N) is 2. The standard InChI is InChI=1S/C20H22N4O5S/c1-2-28-20(27)17-11-5-3-4-6-13(11)30-19(17)23-15(25)9-24-16(26)10-29-12-7-8-14(21)22-18(12)24/h7-8H,2-6,9-10H2,1H3,(H2,21,22)(H,23,25). The first-order chi connectivity index (χ1) is 14.5. The van der Waals surface area contributed by atoms with Crippen molar-refractivity contribution in [3.63, 3.8) is 0 Å². The molecule has 0 unspecified atom stereocenters. The van der Waals surface area contributed by atoms with Gasteiger partial charge in [0.25, 0.3) is 5.91 Å². The number of nitrogen functional groups attached to an aromatic ring is 1. The molecule has 2 aliphatic rings. The summed E-state index contributed by atoms with van der Waals surface area (Å²) in [5, 5.41) is 3.27. The molecule has 10 heteroatoms. The first-order valence-electron chi connectivity index (χ1n) is 9.79. The summed E-state index contributed by atoms with van der Waals surface area (Å²) in [5.41, 5.74) is 7.12. The van der Waals surface area contributed by atoms with Crippen LogP contribution in [0.5, 0.6) is 5.75 Å². The fraction of sp³-hybridized carbons (Fsp3) is 0.400. The molecule has 0 bridgehead atoms. The molecule has 2 aromatic heterocycles. The predicted molar refractivity (Wildman–Crippen MR) is 112 cm³/mol. The number of fused-ring (bicyclic) bond motifs is 2. The number of ether oxygens (including phenoxy) is 2. The number of carbonyl (C=O) groups excluding carboxylic acids is 3. The van der Waals surface area contributed by atoms with Crippen LogP contribution in [0.25, 0.3) is 0 Å². The summed E-state index contributed by atoms with van der Waals surface area (Å²) in [5.74, 6) is -0.466. The third kappa shape index (κ3) is 3.82. The quantitative estimate of drug-likeness (QED) is 0.697. The number of nitrogens with one attached hydrogen (secondary N) is 1. The monoisotopic (exact) mass is 430 g/mol. The second-order valence-electron chi connectivity index (χ2n) is 7.01. The highest BCUT2D eigenvalue weighted by Crippen LogP contribution is 2.39. The minimum Gasteiger partial charge on any atom is -0.480 e. The van der Waals surface area contributed by atoms with Crippen molar-refractivity contribution in [3.8, 4) is 5.75 Å². The Balaban J connectivity index is 1.58. The van der Waals surface area contributed by atoms with Crippen LogP contribution in [-0.2, 0) is 27.2 Å². The first kappa shape index (κ1) is 20.1. The molecule has 4 rings (SSSR count). The van der Waals surface area contributed by atoms with Gasteiger partial charge < -0.3 is 20.5 Å². The summed E-state index contributed by atoms with van der Waals surface area (Å²) in [4.78, 5) is 44.2. The van der Waals surface area contributed by atoms with Crippen molar-refractivity contribution < 1.29 is 23.9 Å². The van der Waals surface area contributed by atoms with Crippen molar-refractivity contribution in [2.24, 2.45) is 0 Å². The fourth-order valence-corrected chi connectivity index (χ4v) is 4.93. The molecule has 0 saturated carbocycles. The Hall–Kier alpha value is -3.14. The summed E-state index contributed by atoms with van der Waals surface area (Å²) in [6.07, 6.45) is 3.71. The number of aryl methyl sites for hydroxylation is 1. The number of anilines is 3. The van der Waals surface area contributed by atoms with Gasteiger partial charge in [0, 0.05) is 4.88 Å². The van der Waals surface area contributed by atoms with Gasteiger partial charge >= 0.3 is 5.97 Å². The topological polar surface area (TPSA) is 124 Å². The fourth-order valence-electron chi connectivity index (χ4n) is 3.64. The molecule has 0 aromatic carbocycles. The van der Waals surface area contributed by atoms with E-state index in [1.165, 1.54) is 16.2 Å². The molecule has 3 N–H and O–H groups in total. The zero-order valence-corrected chi connectivity index (χ0v) is 17.3. The zero-order chi connectivity index (χ0) is 21.3. The number of nitrogens with two attached hydrogens (primary N) is 1. The van der Waals surface area contributed by atoms with Crippen LogP contribution in [0.4, 0.5) is 16.6 Å². The number of aromatic nitrogens is 1. The lowest BCUT2D eigenvalue weighted by molar-refractivity contribution is -0.123. The van der Waals surface area contributed by atoms with Gasteiger partial charge in [-0.25, -0.2) is 9.78 Å². The van der Waals surface area contributed by atoms with Crippen LogP contribution in [0.2, 0.25) is 0 Å². The number of esters is 1. The van der Waals surface area contributed by atoms with Crippen LogP contribution in [0.3, 0.4) is 0 Å². The molecule has 2 amide bonds. The number of hydrogen-bond donors (Lipinski definition) is 2. The third-order valence-corrected chi connectivity index (χ3v) is 6.18. The molecule has 2 aromatic rings. The summed E-state index contributed by atoms with van der Waals surface area (Å²) in [7, 11) is 0. The molecule has 9 nitrogen and oxygen atoms in total. The van der Waals surface area contributed by atoms with Crippen molar-refractivity contribution in [1.29, 1.82) is 0 Å². The van der Waals surface area contributed by atoms with Gasteiger partial charge in [0.05, 0.1) is 12.2 Å². The Kier molecular flexibility index (Phi) is 5.58. The van der Waals surface area contributed by atoms with E-state index in [9.17, 15) is 14.4 Å². The molecular weight excluding hydrogens is 408 g/mol. The summed E-state index contributed by atoms with van der Waals surface area (Å²) >= 11 is 1.40. The van der Waals surface area contributed by atoms with E-state index in [1.807, 2.05) is 0 Å². The van der Waals surface area contributed by atoms with Crippen LogP contribution in [0.1, 0.15) is 40.6 Å². The van der Waals surface area contributed by atoms with Crippen molar-refractivity contribution in [2.75, 3.05) is 35.7 Å². The Morgan fingerprint density at radius 3 is 2.93 bits per heavy atom. The van der Waals surface area contributed by atoms with Gasteiger partial charge in [-0.2, -0.15) is 0 Å². The van der Waals surface area contributed by atoms with Crippen LogP contribution >= 0.6 is 11.3 Å². The average Bonchev–Trinajstić information content (AvgIpc) is 3.08. The smallest absolute Gasteiger partial charge is 0.341 e. The van der Waals surface area contributed by atoms with Crippen molar-refractivity contribution in [2.45, 2.75) is 32.6 Å². The summed E-state index contributed by atoms with van der Waals surface area (Å²) in [6, 6.07) is 3.18. The molecule has 0 saturated heterocycles. The molecule has 3 heterocycles. The number of carbonyl (C=O) groups is 3. The summed E-state index contributed by atoms with van der Waals surface area (Å²) < 4.78 is 10.6. The SMILES string of the molecule is CCOC(=O)c1c(NC(=O)CN2C(=O)COc3ccc(N)nc32)sc2c1CCCC2. The number of thiophene rings is 1. The van der Waals surface area contributed by atoms with Gasteiger partial charge in [-0.3, -0.25) is 14.5 Å². The predicted octanol–water partition coefficient (Wildman–Crippen LogP) is 2.14. The Morgan fingerprint density at radius 2 is 2.13 bits per heavy atom. The largest absolute Gasteiger partial charge is 0.480 e. The Morgan fingerprint density at radius 1 is 1.33 bits per heavy atom. The highest BCUT2D eigenvalue weighted by Gasteiger charge is 2.31. The molecule has 1 aliphatic heterocycles. The summed E-state index contributed by atoms with van der Waals surface area (Å²) in [6.45, 7) is 1.54. The van der Waals surface area contributed by atoms with Crippen molar-refractivity contribution >= 4 is 45.8 Å². The molecule has 0 fully saturated rings. The van der Waals surface area contributed by atoms with E-state index in [4.69, 9.17) is 15.2 Å². The van der Waals surface area contributed by atoms with Gasteiger partial charge in [-0.1, -0.05) is 0 Å². The first-order valence-corrected chi connectivity index (χ1v) is 10.6. The molecular formula is C20H22N4O5S. The van der Waals surface area contributed by atoms with E-state index in [0.29, 0.717) is 16.3 Å². The zero-order valence-electron chi connectivity index (χ0n) is 16.5. The van der Waals surface area contributed by atoms with Gasteiger partial charge in [-0.15, -0.1) is 11.3 Å². The number of hydrogen-bond acceptors (Lipinski definition) is 8. The number of pyridine rings is 1. The number of rotatable bonds is 5. The maximum Gasteiger partial charge on any atom is 0.341 e.